The van der Waals surface area contributed by atoms with Gasteiger partial charge in [0, 0.05) is 13.2 Å². The second-order valence-electron chi connectivity index (χ2n) is 3.79. The molecule has 1 aromatic rings. The summed E-state index contributed by atoms with van der Waals surface area (Å²) in [5.41, 5.74) is -1.34. The number of aromatic carboxylic acids is 1. The molecule has 0 bridgehead atoms. The maximum absolute atomic E-state index is 12.7. The molecule has 0 saturated heterocycles. The van der Waals surface area contributed by atoms with Gasteiger partial charge in [-0.15, -0.1) is 5.10 Å². The molecule has 102 valence electrons. The van der Waals surface area contributed by atoms with Gasteiger partial charge in [-0.25, -0.2) is 18.3 Å². The highest BCUT2D eigenvalue weighted by Crippen LogP contribution is 2.21. The number of halogens is 2. The summed E-state index contributed by atoms with van der Waals surface area (Å²) in [6, 6.07) is 0. The number of aliphatic hydroxyl groups excluding tert-OH is 1. The fourth-order valence-electron chi connectivity index (χ4n) is 1.58. The quantitative estimate of drug-likeness (QED) is 0.693. The number of hydrogen-bond acceptors (Lipinski definition) is 4. The molecule has 0 amide bonds. The Morgan fingerprint density at radius 3 is 2.50 bits per heavy atom. The van der Waals surface area contributed by atoms with E-state index in [4.69, 9.17) is 10.2 Å². The standard InChI is InChI=1S/C10H15F2N3O3/c11-9(12)8-7(10(17)18)13-14-15(8)5-3-1-2-4-6-16/h9,16H,1-6H2,(H,17,18). The van der Waals surface area contributed by atoms with E-state index in [1.165, 1.54) is 0 Å². The predicted molar refractivity (Wildman–Crippen MR) is 57.5 cm³/mol. The lowest BCUT2D eigenvalue weighted by Crippen LogP contribution is -2.09. The minimum Gasteiger partial charge on any atom is -0.476 e. The van der Waals surface area contributed by atoms with Gasteiger partial charge in [0.15, 0.2) is 5.69 Å². The van der Waals surface area contributed by atoms with E-state index in [2.05, 4.69) is 10.3 Å². The number of alkyl halides is 2. The molecule has 0 unspecified atom stereocenters. The van der Waals surface area contributed by atoms with Crippen molar-refractivity contribution >= 4 is 5.97 Å². The maximum Gasteiger partial charge on any atom is 0.358 e. The Morgan fingerprint density at radius 1 is 1.28 bits per heavy atom. The molecule has 0 atom stereocenters. The zero-order chi connectivity index (χ0) is 13.5. The number of aromatic nitrogens is 3. The highest BCUT2D eigenvalue weighted by atomic mass is 19.3. The second kappa shape index (κ2) is 7.00. The maximum atomic E-state index is 12.7. The van der Waals surface area contributed by atoms with Crippen LogP contribution in [0.15, 0.2) is 0 Å². The molecule has 0 saturated carbocycles. The molecule has 0 radical (unpaired) electrons. The van der Waals surface area contributed by atoms with Gasteiger partial charge in [-0.1, -0.05) is 18.1 Å². The molecule has 18 heavy (non-hydrogen) atoms. The summed E-state index contributed by atoms with van der Waals surface area (Å²) in [6.07, 6.45) is -0.114. The minimum absolute atomic E-state index is 0.106. The van der Waals surface area contributed by atoms with Gasteiger partial charge in [-0.05, 0) is 12.8 Å². The number of carbonyl (C=O) groups is 1. The Balaban J connectivity index is 2.62. The molecule has 6 nitrogen and oxygen atoms in total. The number of aliphatic hydroxyl groups is 1. The molecule has 0 spiro atoms. The summed E-state index contributed by atoms with van der Waals surface area (Å²) in [5, 5.41) is 23.9. The van der Waals surface area contributed by atoms with E-state index in [0.29, 0.717) is 12.8 Å². The summed E-state index contributed by atoms with van der Waals surface area (Å²) >= 11 is 0. The lowest BCUT2D eigenvalue weighted by atomic mass is 10.2. The molecule has 1 aromatic heterocycles. The van der Waals surface area contributed by atoms with Crippen molar-refractivity contribution < 1.29 is 23.8 Å². The molecule has 0 fully saturated rings. The zero-order valence-corrected chi connectivity index (χ0v) is 9.72. The molecular formula is C10H15F2N3O3. The van der Waals surface area contributed by atoms with Crippen molar-refractivity contribution in [2.45, 2.75) is 38.7 Å². The van der Waals surface area contributed by atoms with E-state index in [1.807, 2.05) is 0 Å². The molecule has 1 rings (SSSR count). The van der Waals surface area contributed by atoms with Gasteiger partial charge in [0.1, 0.15) is 5.69 Å². The van der Waals surface area contributed by atoms with Crippen LogP contribution < -0.4 is 0 Å². The summed E-state index contributed by atoms with van der Waals surface area (Å²) in [7, 11) is 0. The smallest absolute Gasteiger partial charge is 0.358 e. The molecule has 0 aliphatic heterocycles. The topological polar surface area (TPSA) is 88.2 Å². The van der Waals surface area contributed by atoms with E-state index in [9.17, 15) is 13.6 Å². The first-order valence-corrected chi connectivity index (χ1v) is 5.63. The van der Waals surface area contributed by atoms with Crippen LogP contribution in [0.2, 0.25) is 0 Å². The zero-order valence-electron chi connectivity index (χ0n) is 9.72. The summed E-state index contributed by atoms with van der Waals surface area (Å²) < 4.78 is 26.4. The van der Waals surface area contributed by atoms with Crippen LogP contribution in [-0.2, 0) is 6.54 Å². The Labute approximate surface area is 102 Å². The van der Waals surface area contributed by atoms with Crippen molar-refractivity contribution in [3.63, 3.8) is 0 Å². The van der Waals surface area contributed by atoms with Crippen LogP contribution >= 0.6 is 0 Å². The van der Waals surface area contributed by atoms with E-state index < -0.39 is 23.8 Å². The number of carboxylic acids is 1. The number of aryl methyl sites for hydroxylation is 1. The van der Waals surface area contributed by atoms with Gasteiger partial charge in [0.05, 0.1) is 0 Å². The summed E-state index contributed by atoms with van der Waals surface area (Å²) in [4.78, 5) is 10.7. The van der Waals surface area contributed by atoms with Crippen LogP contribution in [0.25, 0.3) is 0 Å². The highest BCUT2D eigenvalue weighted by molar-refractivity contribution is 5.86. The van der Waals surface area contributed by atoms with E-state index in [0.717, 1.165) is 17.5 Å². The molecule has 0 aliphatic carbocycles. The third-order valence-corrected chi connectivity index (χ3v) is 2.46. The second-order valence-corrected chi connectivity index (χ2v) is 3.79. The molecule has 0 aromatic carbocycles. The van der Waals surface area contributed by atoms with Crippen molar-refractivity contribution in [3.05, 3.63) is 11.4 Å². The fourth-order valence-corrected chi connectivity index (χ4v) is 1.58. The summed E-state index contributed by atoms with van der Waals surface area (Å²) in [5.74, 6) is -1.50. The molecule has 8 heteroatoms. The fraction of sp³-hybridized carbons (Fsp3) is 0.700. The number of unbranched alkanes of at least 4 members (excludes halogenated alkanes) is 3. The predicted octanol–water partition coefficient (Wildman–Crippen LogP) is 1.47. The average molecular weight is 263 g/mol. The van der Waals surface area contributed by atoms with Gasteiger partial charge in [0.2, 0.25) is 0 Å². The molecular weight excluding hydrogens is 248 g/mol. The van der Waals surface area contributed by atoms with E-state index >= 15 is 0 Å². The lowest BCUT2D eigenvalue weighted by Gasteiger charge is -2.05. The normalized spacial score (nSPS) is 11.1. The van der Waals surface area contributed by atoms with Crippen molar-refractivity contribution in [3.8, 4) is 0 Å². The minimum atomic E-state index is -2.91. The van der Waals surface area contributed by atoms with Crippen molar-refractivity contribution in [2.24, 2.45) is 0 Å². The number of carboxylic acid groups (broad SMARTS) is 1. The first-order chi connectivity index (χ1) is 8.57. The van der Waals surface area contributed by atoms with Crippen LogP contribution in [0, 0.1) is 0 Å². The van der Waals surface area contributed by atoms with E-state index in [1.54, 1.807) is 0 Å². The van der Waals surface area contributed by atoms with Crippen molar-refractivity contribution in [2.75, 3.05) is 6.61 Å². The van der Waals surface area contributed by atoms with Gasteiger partial charge in [0.25, 0.3) is 6.43 Å². The van der Waals surface area contributed by atoms with Crippen LogP contribution in [0.3, 0.4) is 0 Å². The number of nitrogens with zero attached hydrogens (tertiary/aromatic N) is 3. The first kappa shape index (κ1) is 14.5. The average Bonchev–Trinajstić information content (AvgIpc) is 2.72. The van der Waals surface area contributed by atoms with Crippen LogP contribution in [0.4, 0.5) is 8.78 Å². The third-order valence-electron chi connectivity index (χ3n) is 2.46. The third kappa shape index (κ3) is 3.73. The molecule has 1 heterocycles. The Hall–Kier alpha value is -1.57. The molecule has 0 aliphatic rings. The largest absolute Gasteiger partial charge is 0.476 e. The first-order valence-electron chi connectivity index (χ1n) is 5.63. The Morgan fingerprint density at radius 2 is 1.94 bits per heavy atom. The van der Waals surface area contributed by atoms with Gasteiger partial charge < -0.3 is 10.2 Å². The SMILES string of the molecule is O=C(O)c1nnn(CCCCCCO)c1C(F)F. The van der Waals surface area contributed by atoms with Crippen LogP contribution in [0.1, 0.15) is 48.3 Å². The van der Waals surface area contributed by atoms with Gasteiger partial charge in [-0.2, -0.15) is 0 Å². The van der Waals surface area contributed by atoms with Gasteiger partial charge in [-0.3, -0.25) is 0 Å². The van der Waals surface area contributed by atoms with Crippen molar-refractivity contribution in [1.82, 2.24) is 15.0 Å². The molecule has 2 N–H and O–H groups in total. The Kier molecular flexibility index (Phi) is 5.63. The van der Waals surface area contributed by atoms with Crippen molar-refractivity contribution in [1.29, 1.82) is 0 Å². The van der Waals surface area contributed by atoms with Gasteiger partial charge >= 0.3 is 5.97 Å². The van der Waals surface area contributed by atoms with Crippen LogP contribution in [-0.4, -0.2) is 37.8 Å². The van der Waals surface area contributed by atoms with E-state index in [-0.39, 0.29) is 13.2 Å². The lowest BCUT2D eigenvalue weighted by molar-refractivity contribution is 0.0675. The Bertz CT molecular complexity index is 396. The monoisotopic (exact) mass is 263 g/mol. The van der Waals surface area contributed by atoms with Crippen LogP contribution in [0.5, 0.6) is 0 Å². The number of rotatable bonds is 8. The number of hydrogen-bond donors (Lipinski definition) is 2. The highest BCUT2D eigenvalue weighted by Gasteiger charge is 2.25. The summed E-state index contributed by atoms with van der Waals surface area (Å²) in [6.45, 7) is 0.306.